The molecule has 4 nitrogen and oxygen atoms in total. The minimum absolute atomic E-state index is 0.0811. The van der Waals surface area contributed by atoms with E-state index in [2.05, 4.69) is 10.2 Å². The third kappa shape index (κ3) is 0.967. The van der Waals surface area contributed by atoms with Gasteiger partial charge in [0, 0.05) is 6.20 Å². The summed E-state index contributed by atoms with van der Waals surface area (Å²) >= 11 is 0. The summed E-state index contributed by atoms with van der Waals surface area (Å²) < 4.78 is 1.89. The number of nitrogens with zero attached hydrogens (tertiary/aromatic N) is 3. The average Bonchev–Trinajstić information content (AvgIpc) is 2.47. The van der Waals surface area contributed by atoms with E-state index in [4.69, 9.17) is 5.73 Å². The second kappa shape index (κ2) is 2.57. The lowest BCUT2D eigenvalue weighted by atomic mass is 10.3. The summed E-state index contributed by atoms with van der Waals surface area (Å²) in [6, 6.07) is 5.68. The van der Waals surface area contributed by atoms with E-state index in [1.165, 1.54) is 0 Å². The number of nitrogens with two attached hydrogens (primary N) is 1. The first-order valence-corrected chi connectivity index (χ1v) is 3.84. The molecule has 2 rings (SSSR count). The predicted octanol–water partition coefficient (Wildman–Crippen LogP) is 0.749. The summed E-state index contributed by atoms with van der Waals surface area (Å²) in [6.07, 6.45) is 1.91. The van der Waals surface area contributed by atoms with Crippen molar-refractivity contribution in [2.45, 2.75) is 13.0 Å². The number of fused-ring (bicyclic) bond motifs is 1. The van der Waals surface area contributed by atoms with Gasteiger partial charge in [0.2, 0.25) is 0 Å². The first-order valence-electron chi connectivity index (χ1n) is 3.84. The van der Waals surface area contributed by atoms with Crippen LogP contribution in [-0.2, 0) is 0 Å². The Labute approximate surface area is 70.0 Å². The fourth-order valence-electron chi connectivity index (χ4n) is 1.17. The van der Waals surface area contributed by atoms with E-state index >= 15 is 0 Å². The molecule has 2 heterocycles. The Morgan fingerprint density at radius 1 is 1.42 bits per heavy atom. The molecule has 0 bridgehead atoms. The van der Waals surface area contributed by atoms with Crippen LogP contribution in [0, 0.1) is 0 Å². The van der Waals surface area contributed by atoms with Crippen LogP contribution in [0.1, 0.15) is 18.8 Å². The number of hydrogen-bond acceptors (Lipinski definition) is 3. The molecule has 0 saturated carbocycles. The van der Waals surface area contributed by atoms with Crippen LogP contribution >= 0.6 is 0 Å². The Morgan fingerprint density at radius 2 is 2.25 bits per heavy atom. The maximum absolute atomic E-state index is 5.70. The highest BCUT2D eigenvalue weighted by Crippen LogP contribution is 2.08. The predicted molar refractivity (Wildman–Crippen MR) is 45.6 cm³/mol. The van der Waals surface area contributed by atoms with E-state index in [9.17, 15) is 0 Å². The van der Waals surface area contributed by atoms with Crippen LogP contribution in [0.3, 0.4) is 0 Å². The Bertz CT molecular complexity index is 391. The Kier molecular flexibility index (Phi) is 1.55. The molecule has 0 fully saturated rings. The van der Waals surface area contributed by atoms with Gasteiger partial charge in [0.15, 0.2) is 11.5 Å². The lowest BCUT2D eigenvalue weighted by Crippen LogP contribution is -2.09. The number of hydrogen-bond donors (Lipinski definition) is 1. The van der Waals surface area contributed by atoms with E-state index in [0.717, 1.165) is 11.5 Å². The van der Waals surface area contributed by atoms with Gasteiger partial charge in [-0.1, -0.05) is 6.07 Å². The lowest BCUT2D eigenvalue weighted by Gasteiger charge is -2.00. The lowest BCUT2D eigenvalue weighted by molar-refractivity contribution is 0.726. The molecule has 0 saturated heterocycles. The van der Waals surface area contributed by atoms with E-state index in [-0.39, 0.29) is 6.04 Å². The third-order valence-corrected chi connectivity index (χ3v) is 1.75. The van der Waals surface area contributed by atoms with E-state index < -0.39 is 0 Å². The second-order valence-corrected chi connectivity index (χ2v) is 2.78. The van der Waals surface area contributed by atoms with Gasteiger partial charge in [0.05, 0.1) is 6.04 Å². The fourth-order valence-corrected chi connectivity index (χ4v) is 1.17. The van der Waals surface area contributed by atoms with E-state index in [1.807, 2.05) is 35.7 Å². The minimum atomic E-state index is -0.0811. The summed E-state index contributed by atoms with van der Waals surface area (Å²) in [5.41, 5.74) is 6.54. The molecule has 1 atom stereocenters. The molecule has 4 heteroatoms. The van der Waals surface area contributed by atoms with Crippen LogP contribution < -0.4 is 5.73 Å². The second-order valence-electron chi connectivity index (χ2n) is 2.78. The molecule has 0 aliphatic rings. The normalized spacial score (nSPS) is 13.5. The van der Waals surface area contributed by atoms with E-state index in [0.29, 0.717) is 0 Å². The standard InChI is InChI=1S/C8H10N4/c1-6(9)8-11-10-7-4-2-3-5-12(7)8/h2-6H,9H2,1H3. The molecule has 2 aromatic rings. The smallest absolute Gasteiger partial charge is 0.160 e. The molecular formula is C8H10N4. The van der Waals surface area contributed by atoms with Crippen LogP contribution in [0.4, 0.5) is 0 Å². The quantitative estimate of drug-likeness (QED) is 0.673. The summed E-state index contributed by atoms with van der Waals surface area (Å²) in [5.74, 6) is 0.797. The van der Waals surface area contributed by atoms with Crippen LogP contribution in [0.15, 0.2) is 24.4 Å². The molecule has 0 radical (unpaired) electrons. The average molecular weight is 162 g/mol. The van der Waals surface area contributed by atoms with Gasteiger partial charge in [-0.25, -0.2) is 0 Å². The zero-order chi connectivity index (χ0) is 8.55. The molecule has 0 aliphatic heterocycles. The number of pyridine rings is 1. The topological polar surface area (TPSA) is 56.2 Å². The number of aromatic nitrogens is 3. The van der Waals surface area contributed by atoms with Crippen molar-refractivity contribution in [2.75, 3.05) is 0 Å². The van der Waals surface area contributed by atoms with E-state index in [1.54, 1.807) is 0 Å². The van der Waals surface area contributed by atoms with Crippen molar-refractivity contribution in [3.8, 4) is 0 Å². The van der Waals surface area contributed by atoms with Crippen molar-refractivity contribution in [1.29, 1.82) is 0 Å². The third-order valence-electron chi connectivity index (χ3n) is 1.75. The first kappa shape index (κ1) is 7.24. The van der Waals surface area contributed by atoms with Gasteiger partial charge in [-0.2, -0.15) is 0 Å². The Morgan fingerprint density at radius 3 is 3.00 bits per heavy atom. The van der Waals surface area contributed by atoms with Crippen LogP contribution in [0.5, 0.6) is 0 Å². The molecule has 12 heavy (non-hydrogen) atoms. The largest absolute Gasteiger partial charge is 0.322 e. The highest BCUT2D eigenvalue weighted by molar-refractivity contribution is 5.37. The molecule has 2 N–H and O–H groups in total. The number of rotatable bonds is 1. The Balaban J connectivity index is 2.70. The summed E-state index contributed by atoms with van der Waals surface area (Å²) in [5, 5.41) is 7.96. The van der Waals surface area contributed by atoms with Crippen molar-refractivity contribution in [3.63, 3.8) is 0 Å². The van der Waals surface area contributed by atoms with Gasteiger partial charge < -0.3 is 5.73 Å². The molecule has 1 unspecified atom stereocenters. The molecule has 0 spiro atoms. The molecular weight excluding hydrogens is 152 g/mol. The Hall–Kier alpha value is -1.42. The van der Waals surface area contributed by atoms with Crippen molar-refractivity contribution in [2.24, 2.45) is 5.73 Å². The monoisotopic (exact) mass is 162 g/mol. The van der Waals surface area contributed by atoms with Gasteiger partial charge >= 0.3 is 0 Å². The van der Waals surface area contributed by atoms with Gasteiger partial charge in [-0.15, -0.1) is 10.2 Å². The van der Waals surface area contributed by atoms with Crippen molar-refractivity contribution >= 4 is 5.65 Å². The highest BCUT2D eigenvalue weighted by atomic mass is 15.3. The van der Waals surface area contributed by atoms with Crippen molar-refractivity contribution in [3.05, 3.63) is 30.2 Å². The SMILES string of the molecule is CC(N)c1nnc2ccccn12. The fraction of sp³-hybridized carbons (Fsp3) is 0.250. The van der Waals surface area contributed by atoms with Gasteiger partial charge in [0.25, 0.3) is 0 Å². The van der Waals surface area contributed by atoms with Gasteiger partial charge in [-0.05, 0) is 19.1 Å². The van der Waals surface area contributed by atoms with Gasteiger partial charge in [0.1, 0.15) is 0 Å². The minimum Gasteiger partial charge on any atom is -0.322 e. The van der Waals surface area contributed by atoms with Gasteiger partial charge in [-0.3, -0.25) is 4.40 Å². The maximum Gasteiger partial charge on any atom is 0.160 e. The van der Waals surface area contributed by atoms with Crippen LogP contribution in [0.2, 0.25) is 0 Å². The summed E-state index contributed by atoms with van der Waals surface area (Å²) in [4.78, 5) is 0. The van der Waals surface area contributed by atoms with Crippen LogP contribution in [0.25, 0.3) is 5.65 Å². The zero-order valence-corrected chi connectivity index (χ0v) is 6.81. The molecule has 2 aromatic heterocycles. The molecule has 0 aromatic carbocycles. The molecule has 0 amide bonds. The summed E-state index contributed by atoms with van der Waals surface area (Å²) in [7, 11) is 0. The maximum atomic E-state index is 5.70. The van der Waals surface area contributed by atoms with Crippen LogP contribution in [-0.4, -0.2) is 14.6 Å². The summed E-state index contributed by atoms with van der Waals surface area (Å²) in [6.45, 7) is 1.89. The van der Waals surface area contributed by atoms with Crippen molar-refractivity contribution in [1.82, 2.24) is 14.6 Å². The molecule has 62 valence electrons. The molecule has 0 aliphatic carbocycles. The first-order chi connectivity index (χ1) is 5.79. The zero-order valence-electron chi connectivity index (χ0n) is 6.81. The van der Waals surface area contributed by atoms with Crippen molar-refractivity contribution < 1.29 is 0 Å². The highest BCUT2D eigenvalue weighted by Gasteiger charge is 2.07.